The Bertz CT molecular complexity index is 1290. The summed E-state index contributed by atoms with van der Waals surface area (Å²) in [6.45, 7) is 1.33. The van der Waals surface area contributed by atoms with Crippen LogP contribution in [0.5, 0.6) is 0 Å². The number of fused-ring (bicyclic) bond motifs is 3. The normalized spacial score (nSPS) is 21.7. The van der Waals surface area contributed by atoms with E-state index in [9.17, 15) is 24.6 Å². The first-order chi connectivity index (χ1) is 15.9. The Kier molecular flexibility index (Phi) is 5.26. The molecule has 1 aromatic carbocycles. The molecule has 0 spiro atoms. The molecule has 2 aliphatic heterocycles. The van der Waals surface area contributed by atoms with Gasteiger partial charge in [-0.2, -0.15) is 5.10 Å². The number of amides is 2. The highest BCUT2D eigenvalue weighted by molar-refractivity contribution is 6.00. The largest absolute Gasteiger partial charge is 0.392 e. The molecule has 4 N–H and O–H groups in total. The van der Waals surface area contributed by atoms with Crippen molar-refractivity contribution in [2.45, 2.75) is 51.5 Å². The summed E-state index contributed by atoms with van der Waals surface area (Å²) >= 11 is 0. The van der Waals surface area contributed by atoms with Crippen LogP contribution in [-0.2, 0) is 18.0 Å². The van der Waals surface area contributed by atoms with Gasteiger partial charge in [0.2, 0.25) is 5.91 Å². The molecule has 0 aliphatic carbocycles. The van der Waals surface area contributed by atoms with Crippen molar-refractivity contribution in [3.05, 3.63) is 63.3 Å². The van der Waals surface area contributed by atoms with Crippen LogP contribution in [0.25, 0.3) is 5.52 Å². The molecule has 2 bridgehead atoms. The fraction of sp³-hybridized carbons (Fsp3) is 0.391. The molecular weight excluding hydrogens is 426 g/mol. The van der Waals surface area contributed by atoms with Gasteiger partial charge < -0.3 is 25.4 Å². The molecule has 0 radical (unpaired) electrons. The summed E-state index contributed by atoms with van der Waals surface area (Å²) in [7, 11) is 0. The van der Waals surface area contributed by atoms with Gasteiger partial charge in [-0.3, -0.25) is 14.4 Å². The summed E-state index contributed by atoms with van der Waals surface area (Å²) in [5.74, 6) is -0.733. The lowest BCUT2D eigenvalue weighted by atomic mass is 9.88. The maximum absolute atomic E-state index is 13.5. The number of nitrogens with zero attached hydrogens (tertiary/aromatic N) is 3. The first kappa shape index (κ1) is 21.4. The standard InChI is InChI=1S/C23H25N5O5/c1-12-18(8-27-20(12)22(32)24-11-25-27)23(33)28-16-2-3-19(28)17(7-16)21(31)26-15-5-13(9-29)4-14(6-15)10-30/h4-6,8,11,16-17,19,29-30H,2-3,7,9-10H2,1H3,(H,26,31)(H,24,25,32)/t16?,17-,19?/m0/s1. The number of aliphatic hydroxyl groups excluding tert-OH is 2. The van der Waals surface area contributed by atoms with Gasteiger partial charge in [0.1, 0.15) is 11.8 Å². The molecule has 0 saturated carbocycles. The van der Waals surface area contributed by atoms with Crippen molar-refractivity contribution in [2.75, 3.05) is 5.32 Å². The third kappa shape index (κ3) is 3.51. The predicted molar refractivity (Wildman–Crippen MR) is 119 cm³/mol. The Morgan fingerprint density at radius 3 is 2.58 bits per heavy atom. The van der Waals surface area contributed by atoms with Crippen LogP contribution in [0.1, 0.15) is 46.3 Å². The number of aromatic amines is 1. The first-order valence-corrected chi connectivity index (χ1v) is 10.9. The van der Waals surface area contributed by atoms with Gasteiger partial charge in [-0.05, 0) is 55.0 Å². The number of aliphatic hydroxyl groups is 2. The van der Waals surface area contributed by atoms with E-state index >= 15 is 0 Å². The number of benzene rings is 1. The fourth-order valence-corrected chi connectivity index (χ4v) is 5.36. The van der Waals surface area contributed by atoms with E-state index in [1.807, 2.05) is 0 Å². The molecule has 172 valence electrons. The van der Waals surface area contributed by atoms with Crippen molar-refractivity contribution >= 4 is 23.0 Å². The van der Waals surface area contributed by atoms with Gasteiger partial charge in [0.25, 0.3) is 11.5 Å². The Hall–Kier alpha value is -3.50. The van der Waals surface area contributed by atoms with E-state index in [-0.39, 0.29) is 48.6 Å². The van der Waals surface area contributed by atoms with E-state index in [4.69, 9.17) is 0 Å². The highest BCUT2D eigenvalue weighted by atomic mass is 16.3. The van der Waals surface area contributed by atoms with Gasteiger partial charge in [-0.15, -0.1) is 0 Å². The quantitative estimate of drug-likeness (QED) is 0.455. The average molecular weight is 451 g/mol. The number of aryl methyl sites for hydroxylation is 1. The van der Waals surface area contributed by atoms with Crippen molar-refractivity contribution in [1.82, 2.24) is 19.5 Å². The second-order valence-corrected chi connectivity index (χ2v) is 8.78. The topological polar surface area (TPSA) is 140 Å². The molecule has 4 heterocycles. The molecule has 2 aromatic heterocycles. The van der Waals surface area contributed by atoms with E-state index in [1.54, 1.807) is 36.2 Å². The van der Waals surface area contributed by atoms with Gasteiger partial charge in [-0.1, -0.05) is 6.07 Å². The molecule has 2 unspecified atom stereocenters. The molecule has 2 aliphatic rings. The highest BCUT2D eigenvalue weighted by Crippen LogP contribution is 2.43. The minimum Gasteiger partial charge on any atom is -0.392 e. The van der Waals surface area contributed by atoms with Gasteiger partial charge in [0.05, 0.1) is 24.7 Å². The molecular formula is C23H25N5O5. The molecule has 2 fully saturated rings. The average Bonchev–Trinajstić information content (AvgIpc) is 3.50. The zero-order chi connectivity index (χ0) is 23.3. The van der Waals surface area contributed by atoms with E-state index in [1.165, 1.54) is 10.8 Å². The minimum absolute atomic E-state index is 0.0383. The monoisotopic (exact) mass is 451 g/mol. The molecule has 10 heteroatoms. The Morgan fingerprint density at radius 1 is 1.18 bits per heavy atom. The van der Waals surface area contributed by atoms with Crippen molar-refractivity contribution in [3.63, 3.8) is 0 Å². The van der Waals surface area contributed by atoms with E-state index in [0.717, 1.165) is 12.8 Å². The summed E-state index contributed by atoms with van der Waals surface area (Å²) in [6.07, 6.45) is 5.00. The number of hydrogen-bond acceptors (Lipinski definition) is 6. The maximum Gasteiger partial charge on any atom is 0.275 e. The molecule has 5 rings (SSSR count). The molecule has 2 amide bonds. The van der Waals surface area contributed by atoms with Crippen LogP contribution in [0.3, 0.4) is 0 Å². The number of carbonyl (C=O) groups excluding carboxylic acids is 2. The summed E-state index contributed by atoms with van der Waals surface area (Å²) in [6, 6.07) is 4.76. The van der Waals surface area contributed by atoms with Crippen molar-refractivity contribution < 1.29 is 19.8 Å². The number of carbonyl (C=O) groups is 2. The van der Waals surface area contributed by atoms with Crippen LogP contribution in [-0.4, -0.2) is 53.6 Å². The van der Waals surface area contributed by atoms with Crippen LogP contribution < -0.4 is 10.9 Å². The number of nitrogens with one attached hydrogen (secondary N) is 2. The fourth-order valence-electron chi connectivity index (χ4n) is 5.36. The molecule has 10 nitrogen and oxygen atoms in total. The van der Waals surface area contributed by atoms with E-state index < -0.39 is 0 Å². The number of hydrogen-bond donors (Lipinski definition) is 4. The number of H-pyrrole nitrogens is 1. The zero-order valence-corrected chi connectivity index (χ0v) is 18.1. The molecule has 2 saturated heterocycles. The summed E-state index contributed by atoms with van der Waals surface area (Å²) in [4.78, 5) is 43.1. The summed E-state index contributed by atoms with van der Waals surface area (Å²) < 4.78 is 1.41. The molecule has 33 heavy (non-hydrogen) atoms. The Labute approximate surface area is 188 Å². The van der Waals surface area contributed by atoms with Crippen LogP contribution in [0, 0.1) is 12.8 Å². The molecule has 3 atom stereocenters. The van der Waals surface area contributed by atoms with Gasteiger partial charge in [-0.25, -0.2) is 4.52 Å². The lowest BCUT2D eigenvalue weighted by Crippen LogP contribution is -2.39. The number of rotatable bonds is 5. The minimum atomic E-state index is -0.359. The highest BCUT2D eigenvalue weighted by Gasteiger charge is 2.51. The second-order valence-electron chi connectivity index (χ2n) is 8.78. The van der Waals surface area contributed by atoms with Crippen LogP contribution >= 0.6 is 0 Å². The first-order valence-electron chi connectivity index (χ1n) is 10.9. The maximum atomic E-state index is 13.5. The van der Waals surface area contributed by atoms with Crippen LogP contribution in [0.15, 0.2) is 35.5 Å². The van der Waals surface area contributed by atoms with Crippen molar-refractivity contribution in [2.24, 2.45) is 5.92 Å². The number of aromatic nitrogens is 3. The summed E-state index contributed by atoms with van der Waals surface area (Å²) in [5.41, 5.74) is 2.72. The zero-order valence-electron chi connectivity index (χ0n) is 18.1. The third-order valence-electron chi connectivity index (χ3n) is 6.86. The smallest absolute Gasteiger partial charge is 0.275 e. The van der Waals surface area contributed by atoms with Crippen molar-refractivity contribution in [3.8, 4) is 0 Å². The molecule has 3 aromatic rings. The van der Waals surface area contributed by atoms with Crippen LogP contribution in [0.2, 0.25) is 0 Å². The Morgan fingerprint density at radius 2 is 1.91 bits per heavy atom. The van der Waals surface area contributed by atoms with Gasteiger partial charge in [0.15, 0.2) is 0 Å². The number of anilines is 1. The predicted octanol–water partition coefficient (Wildman–Crippen LogP) is 0.947. The third-order valence-corrected chi connectivity index (χ3v) is 6.86. The Balaban J connectivity index is 1.39. The van der Waals surface area contributed by atoms with Gasteiger partial charge in [0, 0.05) is 24.0 Å². The lowest BCUT2D eigenvalue weighted by Gasteiger charge is -2.24. The van der Waals surface area contributed by atoms with E-state index in [0.29, 0.717) is 39.9 Å². The van der Waals surface area contributed by atoms with E-state index in [2.05, 4.69) is 15.4 Å². The van der Waals surface area contributed by atoms with Gasteiger partial charge >= 0.3 is 0 Å². The lowest BCUT2D eigenvalue weighted by molar-refractivity contribution is -0.120. The van der Waals surface area contributed by atoms with Crippen LogP contribution in [0.4, 0.5) is 5.69 Å². The van der Waals surface area contributed by atoms with Crippen molar-refractivity contribution in [1.29, 1.82) is 0 Å². The SMILES string of the molecule is Cc1c(C(=O)N2C3CCC2[C@@H](C(=O)Nc2cc(CO)cc(CO)c2)C3)cn2nc[nH]c(=O)c12. The second kappa shape index (κ2) is 8.13. The summed E-state index contributed by atoms with van der Waals surface area (Å²) in [5, 5.41) is 25.9.